The van der Waals surface area contributed by atoms with Gasteiger partial charge < -0.3 is 14.4 Å². The van der Waals surface area contributed by atoms with Crippen molar-refractivity contribution in [1.82, 2.24) is 9.88 Å². The number of carbonyl (C=O) groups is 3. The van der Waals surface area contributed by atoms with Gasteiger partial charge in [-0.2, -0.15) is 0 Å². The number of thiazole rings is 1. The van der Waals surface area contributed by atoms with Crippen LogP contribution in [-0.4, -0.2) is 60.0 Å². The Bertz CT molecular complexity index is 1580. The van der Waals surface area contributed by atoms with Crippen molar-refractivity contribution >= 4 is 45.0 Å². The van der Waals surface area contributed by atoms with E-state index in [1.165, 1.54) is 15.4 Å². The van der Waals surface area contributed by atoms with Crippen molar-refractivity contribution in [2.75, 3.05) is 25.2 Å². The highest BCUT2D eigenvalue weighted by atomic mass is 32.1. The van der Waals surface area contributed by atoms with Crippen molar-refractivity contribution in [3.05, 3.63) is 77.9 Å². The molecule has 0 saturated carbocycles. The van der Waals surface area contributed by atoms with Crippen LogP contribution in [-0.2, 0) is 14.3 Å². The maximum atomic E-state index is 13.7. The van der Waals surface area contributed by atoms with Gasteiger partial charge in [-0.15, -0.1) is 11.3 Å². The molecule has 4 aromatic rings. The number of rotatable bonds is 7. The Labute approximate surface area is 236 Å². The fraction of sp³-hybridized carbons (Fsp3) is 0.290. The van der Waals surface area contributed by atoms with Gasteiger partial charge in [0.1, 0.15) is 16.8 Å². The Morgan fingerprint density at radius 3 is 2.58 bits per heavy atom. The molecule has 0 aliphatic carbocycles. The van der Waals surface area contributed by atoms with E-state index >= 15 is 0 Å². The quantitative estimate of drug-likeness (QED) is 0.290. The minimum absolute atomic E-state index is 0.0770. The Hall–Kier alpha value is -4.08. The van der Waals surface area contributed by atoms with Gasteiger partial charge in [0.15, 0.2) is 0 Å². The molecule has 2 atom stereocenters. The van der Waals surface area contributed by atoms with E-state index in [1.807, 2.05) is 24.3 Å². The number of benzene rings is 3. The molecule has 3 aromatic carbocycles. The van der Waals surface area contributed by atoms with Crippen LogP contribution in [0, 0.1) is 6.92 Å². The molecule has 1 aromatic heterocycles. The first-order valence-corrected chi connectivity index (χ1v) is 14.1. The zero-order chi connectivity index (χ0) is 27.8. The average molecular weight is 556 g/mol. The largest absolute Gasteiger partial charge is 0.497 e. The standard InChI is InChI=1S/C31H29N3O5S/c1-19-5-14-25-27(16-19)40-29(32-25)20-6-10-22(11-7-20)34-28(35)17-26(31(34)37)33(18-24-4-3-15-39-24)30(36)21-8-12-23(38-2)13-9-21/h5-14,16,24,26H,3-4,15,17-18H2,1-2H3. The molecule has 2 aliphatic heterocycles. The summed E-state index contributed by atoms with van der Waals surface area (Å²) in [7, 11) is 1.56. The van der Waals surface area contributed by atoms with Crippen LogP contribution in [0.15, 0.2) is 66.7 Å². The van der Waals surface area contributed by atoms with Gasteiger partial charge >= 0.3 is 0 Å². The zero-order valence-electron chi connectivity index (χ0n) is 22.3. The Morgan fingerprint density at radius 1 is 1.10 bits per heavy atom. The van der Waals surface area contributed by atoms with Crippen molar-refractivity contribution in [3.8, 4) is 16.3 Å². The summed E-state index contributed by atoms with van der Waals surface area (Å²) in [5.41, 5.74) is 3.93. The van der Waals surface area contributed by atoms with E-state index in [2.05, 4.69) is 13.0 Å². The van der Waals surface area contributed by atoms with E-state index in [0.29, 0.717) is 23.6 Å². The van der Waals surface area contributed by atoms with E-state index in [0.717, 1.165) is 33.6 Å². The molecular weight excluding hydrogens is 526 g/mol. The average Bonchev–Trinajstić information content (AvgIpc) is 3.70. The number of aromatic nitrogens is 1. The van der Waals surface area contributed by atoms with E-state index in [-0.39, 0.29) is 30.9 Å². The van der Waals surface area contributed by atoms with Crippen LogP contribution < -0.4 is 9.64 Å². The monoisotopic (exact) mass is 555 g/mol. The molecule has 2 unspecified atom stereocenters. The van der Waals surface area contributed by atoms with Crippen molar-refractivity contribution in [1.29, 1.82) is 0 Å². The van der Waals surface area contributed by atoms with E-state index < -0.39 is 11.9 Å². The van der Waals surface area contributed by atoms with Gasteiger partial charge in [0.25, 0.3) is 11.8 Å². The van der Waals surface area contributed by atoms with Crippen LogP contribution in [0.25, 0.3) is 20.8 Å². The minimum Gasteiger partial charge on any atom is -0.497 e. The Morgan fingerprint density at radius 2 is 1.88 bits per heavy atom. The van der Waals surface area contributed by atoms with Crippen LogP contribution in [0.2, 0.25) is 0 Å². The Balaban J connectivity index is 1.25. The van der Waals surface area contributed by atoms with Crippen LogP contribution in [0.4, 0.5) is 5.69 Å². The van der Waals surface area contributed by atoms with Crippen LogP contribution >= 0.6 is 11.3 Å². The molecule has 0 bridgehead atoms. The highest BCUT2D eigenvalue weighted by Gasteiger charge is 2.45. The Kier molecular flexibility index (Phi) is 7.08. The summed E-state index contributed by atoms with van der Waals surface area (Å²) in [4.78, 5) is 48.0. The molecule has 2 saturated heterocycles. The summed E-state index contributed by atoms with van der Waals surface area (Å²) < 4.78 is 12.1. The predicted molar refractivity (Wildman–Crippen MR) is 154 cm³/mol. The molecule has 3 heterocycles. The summed E-state index contributed by atoms with van der Waals surface area (Å²) in [6.07, 6.45) is 1.46. The predicted octanol–water partition coefficient (Wildman–Crippen LogP) is 5.23. The number of aryl methyl sites for hydroxylation is 1. The van der Waals surface area contributed by atoms with Gasteiger partial charge in [0.05, 0.1) is 35.5 Å². The molecule has 6 rings (SSSR count). The number of hydrogen-bond donors (Lipinski definition) is 0. The van der Waals surface area contributed by atoms with Crippen molar-refractivity contribution in [2.24, 2.45) is 0 Å². The van der Waals surface area contributed by atoms with Crippen molar-refractivity contribution in [3.63, 3.8) is 0 Å². The first-order chi connectivity index (χ1) is 19.4. The molecule has 204 valence electrons. The summed E-state index contributed by atoms with van der Waals surface area (Å²) in [5.74, 6) is -0.427. The number of hydrogen-bond acceptors (Lipinski definition) is 7. The number of imide groups is 1. The third-order valence-electron chi connectivity index (χ3n) is 7.44. The molecule has 0 N–H and O–H groups in total. The van der Waals surface area contributed by atoms with Crippen molar-refractivity contribution < 1.29 is 23.9 Å². The maximum Gasteiger partial charge on any atom is 0.257 e. The van der Waals surface area contributed by atoms with Gasteiger partial charge in [-0.3, -0.25) is 14.4 Å². The van der Waals surface area contributed by atoms with E-state index in [4.69, 9.17) is 14.5 Å². The fourth-order valence-corrected chi connectivity index (χ4v) is 6.37. The lowest BCUT2D eigenvalue weighted by atomic mass is 10.1. The second kappa shape index (κ2) is 10.8. The van der Waals surface area contributed by atoms with Gasteiger partial charge in [0.2, 0.25) is 5.91 Å². The van der Waals surface area contributed by atoms with Crippen LogP contribution in [0.5, 0.6) is 5.75 Å². The highest BCUT2D eigenvalue weighted by molar-refractivity contribution is 7.21. The smallest absolute Gasteiger partial charge is 0.257 e. The van der Waals surface area contributed by atoms with Gasteiger partial charge in [0, 0.05) is 24.3 Å². The maximum absolute atomic E-state index is 13.7. The number of ether oxygens (including phenoxy) is 2. The number of anilines is 1. The van der Waals surface area contributed by atoms with Crippen LogP contribution in [0.1, 0.15) is 35.2 Å². The first-order valence-electron chi connectivity index (χ1n) is 13.3. The first kappa shape index (κ1) is 26.2. The summed E-state index contributed by atoms with van der Waals surface area (Å²) in [5, 5.41) is 0.872. The molecule has 40 heavy (non-hydrogen) atoms. The van der Waals surface area contributed by atoms with Gasteiger partial charge in [-0.05, 0) is 86.0 Å². The number of carbonyl (C=O) groups excluding carboxylic acids is 3. The zero-order valence-corrected chi connectivity index (χ0v) is 23.1. The molecule has 0 radical (unpaired) electrons. The lowest BCUT2D eigenvalue weighted by Gasteiger charge is -2.30. The van der Waals surface area contributed by atoms with Gasteiger partial charge in [-0.1, -0.05) is 6.07 Å². The number of amides is 3. The second-order valence-electron chi connectivity index (χ2n) is 10.1. The molecule has 9 heteroatoms. The third-order valence-corrected chi connectivity index (χ3v) is 8.50. The molecule has 8 nitrogen and oxygen atoms in total. The summed E-state index contributed by atoms with van der Waals surface area (Å²) >= 11 is 1.60. The normalized spacial score (nSPS) is 19.0. The SMILES string of the molecule is COc1ccc(C(=O)N(CC2CCCO2)C2CC(=O)N(c3ccc(-c4nc5ccc(C)cc5s4)cc3)C2=O)cc1. The third kappa shape index (κ3) is 4.98. The lowest BCUT2D eigenvalue weighted by molar-refractivity contribution is -0.122. The van der Waals surface area contributed by atoms with E-state index in [1.54, 1.807) is 54.8 Å². The fourth-order valence-electron chi connectivity index (χ4n) is 5.30. The lowest BCUT2D eigenvalue weighted by Crippen LogP contribution is -2.48. The van der Waals surface area contributed by atoms with Crippen LogP contribution in [0.3, 0.4) is 0 Å². The van der Waals surface area contributed by atoms with Crippen molar-refractivity contribution in [2.45, 2.75) is 38.3 Å². The molecule has 2 aliphatic rings. The van der Waals surface area contributed by atoms with Gasteiger partial charge in [-0.25, -0.2) is 9.88 Å². The molecule has 0 spiro atoms. The summed E-state index contributed by atoms with van der Waals surface area (Å²) in [6.45, 7) is 2.93. The summed E-state index contributed by atoms with van der Waals surface area (Å²) in [6, 6.07) is 19.3. The number of nitrogens with zero attached hydrogens (tertiary/aromatic N) is 3. The number of fused-ring (bicyclic) bond motifs is 1. The highest BCUT2D eigenvalue weighted by Crippen LogP contribution is 2.33. The minimum atomic E-state index is -0.904. The topological polar surface area (TPSA) is 89.0 Å². The molecule has 3 amide bonds. The second-order valence-corrected chi connectivity index (χ2v) is 11.2. The molecular formula is C31H29N3O5S. The molecule has 2 fully saturated rings. The number of methoxy groups -OCH3 is 1. The van der Waals surface area contributed by atoms with E-state index in [9.17, 15) is 14.4 Å².